The zero-order valence-corrected chi connectivity index (χ0v) is 12.4. The Morgan fingerprint density at radius 3 is 2.81 bits per heavy atom. The quantitative estimate of drug-likeness (QED) is 0.875. The summed E-state index contributed by atoms with van der Waals surface area (Å²) >= 11 is 5.86. The topological polar surface area (TPSA) is 61.6 Å². The lowest BCUT2D eigenvalue weighted by Crippen LogP contribution is -2.04. The molecule has 0 radical (unpaired) electrons. The smallest absolute Gasteiger partial charge is 0.222 e. The van der Waals surface area contributed by atoms with Crippen LogP contribution >= 0.6 is 11.6 Å². The van der Waals surface area contributed by atoms with Crippen molar-refractivity contribution in [3.05, 3.63) is 41.3 Å². The van der Waals surface area contributed by atoms with Crippen molar-refractivity contribution in [1.82, 2.24) is 9.97 Å². The number of nitrogens with one attached hydrogen (secondary N) is 1. The highest BCUT2D eigenvalue weighted by atomic mass is 35.5. The number of aryl methyl sites for hydroxylation is 1. The van der Waals surface area contributed by atoms with Gasteiger partial charge in [0.2, 0.25) is 5.28 Å². The molecule has 1 fully saturated rings. The number of benzene rings is 1. The van der Waals surface area contributed by atoms with Crippen molar-refractivity contribution in [2.24, 2.45) is 11.8 Å². The van der Waals surface area contributed by atoms with Gasteiger partial charge in [-0.1, -0.05) is 12.1 Å². The van der Waals surface area contributed by atoms with Crippen molar-refractivity contribution in [3.63, 3.8) is 0 Å². The summed E-state index contributed by atoms with van der Waals surface area (Å²) in [6.45, 7) is 2.82. The molecule has 0 aliphatic heterocycles. The van der Waals surface area contributed by atoms with Crippen LogP contribution in [0.25, 0.3) is 11.3 Å². The van der Waals surface area contributed by atoms with Gasteiger partial charge in [-0.15, -0.1) is 0 Å². The molecule has 0 amide bonds. The third-order valence-electron chi connectivity index (χ3n) is 3.76. The molecule has 0 spiro atoms. The fourth-order valence-corrected chi connectivity index (χ4v) is 2.47. The molecule has 2 unspecified atom stereocenters. The number of hydrogen-bond donors (Lipinski definition) is 1. The number of rotatable bonds is 4. The maximum atomic E-state index is 8.78. The van der Waals surface area contributed by atoms with Gasteiger partial charge in [0.1, 0.15) is 0 Å². The van der Waals surface area contributed by atoms with Crippen LogP contribution in [0.4, 0.5) is 5.69 Å². The SMILES string of the molecule is Cc1cnc(Cl)nc1-c1ccc(NCC2CC2C#N)cc1. The van der Waals surface area contributed by atoms with Crippen LogP contribution in [0, 0.1) is 30.1 Å². The Morgan fingerprint density at radius 2 is 2.14 bits per heavy atom. The minimum absolute atomic E-state index is 0.239. The first kappa shape index (κ1) is 13.8. The fourth-order valence-electron chi connectivity index (χ4n) is 2.34. The molecular formula is C16H15ClN4. The molecular weight excluding hydrogens is 284 g/mol. The molecule has 2 atom stereocenters. The third kappa shape index (κ3) is 3.14. The maximum absolute atomic E-state index is 8.78. The Kier molecular flexibility index (Phi) is 3.76. The second-order valence-electron chi connectivity index (χ2n) is 5.36. The van der Waals surface area contributed by atoms with Crippen LogP contribution in [0.5, 0.6) is 0 Å². The van der Waals surface area contributed by atoms with E-state index in [9.17, 15) is 0 Å². The van der Waals surface area contributed by atoms with Gasteiger partial charge in [-0.2, -0.15) is 5.26 Å². The van der Waals surface area contributed by atoms with E-state index in [1.165, 1.54) is 0 Å². The molecule has 3 rings (SSSR count). The molecule has 1 heterocycles. The predicted octanol–water partition coefficient (Wildman–Crippen LogP) is 3.68. The van der Waals surface area contributed by atoms with E-state index in [1.807, 2.05) is 31.2 Å². The molecule has 4 nitrogen and oxygen atoms in total. The minimum Gasteiger partial charge on any atom is -0.385 e. The van der Waals surface area contributed by atoms with Crippen molar-refractivity contribution in [2.45, 2.75) is 13.3 Å². The van der Waals surface area contributed by atoms with Gasteiger partial charge in [0.15, 0.2) is 0 Å². The van der Waals surface area contributed by atoms with E-state index in [-0.39, 0.29) is 11.2 Å². The van der Waals surface area contributed by atoms with Gasteiger partial charge in [0, 0.05) is 24.0 Å². The van der Waals surface area contributed by atoms with Gasteiger partial charge >= 0.3 is 0 Å². The van der Waals surface area contributed by atoms with Gasteiger partial charge in [0.25, 0.3) is 0 Å². The molecule has 1 saturated carbocycles. The highest BCUT2D eigenvalue weighted by Crippen LogP contribution is 2.37. The summed E-state index contributed by atoms with van der Waals surface area (Å²) in [6.07, 6.45) is 2.74. The molecule has 1 aliphatic carbocycles. The van der Waals surface area contributed by atoms with E-state index in [2.05, 4.69) is 21.4 Å². The molecule has 1 aromatic carbocycles. The Morgan fingerprint density at radius 1 is 1.38 bits per heavy atom. The summed E-state index contributed by atoms with van der Waals surface area (Å²) in [5, 5.41) is 12.4. The van der Waals surface area contributed by atoms with Crippen LogP contribution in [0.15, 0.2) is 30.5 Å². The molecule has 1 N–H and O–H groups in total. The molecule has 0 saturated heterocycles. The van der Waals surface area contributed by atoms with Gasteiger partial charge in [-0.25, -0.2) is 9.97 Å². The van der Waals surface area contributed by atoms with Crippen molar-refractivity contribution in [1.29, 1.82) is 5.26 Å². The lowest BCUT2D eigenvalue weighted by Gasteiger charge is -2.08. The molecule has 1 aliphatic rings. The predicted molar refractivity (Wildman–Crippen MR) is 82.9 cm³/mol. The number of hydrogen-bond acceptors (Lipinski definition) is 4. The average Bonchev–Trinajstić information content (AvgIpc) is 3.27. The standard InChI is InChI=1S/C16H15ClN4/c1-10-8-20-16(17)21-15(10)11-2-4-14(5-3-11)19-9-13-6-12(13)7-18/h2-5,8,12-13,19H,6,9H2,1H3. The molecule has 5 heteroatoms. The van der Waals surface area contributed by atoms with E-state index in [1.54, 1.807) is 6.20 Å². The van der Waals surface area contributed by atoms with Crippen LogP contribution in [0.3, 0.4) is 0 Å². The lowest BCUT2D eigenvalue weighted by molar-refractivity contribution is 0.838. The van der Waals surface area contributed by atoms with E-state index in [0.717, 1.165) is 35.5 Å². The second-order valence-corrected chi connectivity index (χ2v) is 5.70. The average molecular weight is 299 g/mol. The Bertz CT molecular complexity index is 690. The fraction of sp³-hybridized carbons (Fsp3) is 0.312. The van der Waals surface area contributed by atoms with Crippen LogP contribution in [0.1, 0.15) is 12.0 Å². The minimum atomic E-state index is 0.239. The maximum Gasteiger partial charge on any atom is 0.222 e. The Labute approximate surface area is 128 Å². The molecule has 21 heavy (non-hydrogen) atoms. The number of aromatic nitrogens is 2. The van der Waals surface area contributed by atoms with Crippen LogP contribution in [0.2, 0.25) is 5.28 Å². The molecule has 1 aromatic heterocycles. The second kappa shape index (κ2) is 5.71. The molecule has 2 aromatic rings. The van der Waals surface area contributed by atoms with Crippen LogP contribution in [-0.4, -0.2) is 16.5 Å². The Balaban J connectivity index is 1.69. The number of nitrogens with zero attached hydrogens (tertiary/aromatic N) is 3. The third-order valence-corrected chi connectivity index (χ3v) is 3.94. The van der Waals surface area contributed by atoms with Crippen molar-refractivity contribution >= 4 is 17.3 Å². The van der Waals surface area contributed by atoms with Gasteiger partial charge in [0.05, 0.1) is 17.7 Å². The highest BCUT2D eigenvalue weighted by Gasteiger charge is 2.36. The van der Waals surface area contributed by atoms with E-state index >= 15 is 0 Å². The van der Waals surface area contributed by atoms with Crippen LogP contribution in [-0.2, 0) is 0 Å². The van der Waals surface area contributed by atoms with Crippen molar-refractivity contribution in [3.8, 4) is 17.3 Å². The van der Waals surface area contributed by atoms with E-state index < -0.39 is 0 Å². The first-order valence-electron chi connectivity index (χ1n) is 6.90. The lowest BCUT2D eigenvalue weighted by atomic mass is 10.1. The number of anilines is 1. The normalized spacial score (nSPS) is 19.9. The summed E-state index contributed by atoms with van der Waals surface area (Å²) < 4.78 is 0. The summed E-state index contributed by atoms with van der Waals surface area (Å²) in [4.78, 5) is 8.24. The number of halogens is 1. The van der Waals surface area contributed by atoms with Crippen molar-refractivity contribution < 1.29 is 0 Å². The van der Waals surface area contributed by atoms with E-state index in [0.29, 0.717) is 5.92 Å². The molecule has 106 valence electrons. The molecule has 0 bridgehead atoms. The summed E-state index contributed by atoms with van der Waals surface area (Å²) in [6, 6.07) is 10.4. The largest absolute Gasteiger partial charge is 0.385 e. The van der Waals surface area contributed by atoms with Crippen molar-refractivity contribution in [2.75, 3.05) is 11.9 Å². The van der Waals surface area contributed by atoms with Gasteiger partial charge < -0.3 is 5.32 Å². The monoisotopic (exact) mass is 298 g/mol. The highest BCUT2D eigenvalue weighted by molar-refractivity contribution is 6.28. The summed E-state index contributed by atoms with van der Waals surface area (Å²) in [5.74, 6) is 0.736. The van der Waals surface area contributed by atoms with Gasteiger partial charge in [-0.05, 0) is 48.6 Å². The van der Waals surface area contributed by atoms with E-state index in [4.69, 9.17) is 16.9 Å². The Hall–Kier alpha value is -2.12. The number of nitriles is 1. The first-order chi connectivity index (χ1) is 10.2. The summed E-state index contributed by atoms with van der Waals surface area (Å²) in [7, 11) is 0. The summed E-state index contributed by atoms with van der Waals surface area (Å²) in [5.41, 5.74) is 3.92. The zero-order valence-electron chi connectivity index (χ0n) is 11.7. The van der Waals surface area contributed by atoms with Gasteiger partial charge in [-0.3, -0.25) is 0 Å². The first-order valence-corrected chi connectivity index (χ1v) is 7.28. The zero-order chi connectivity index (χ0) is 14.8. The van der Waals surface area contributed by atoms with Crippen LogP contribution < -0.4 is 5.32 Å².